The van der Waals surface area contributed by atoms with Crippen molar-refractivity contribution in [2.75, 3.05) is 13.6 Å². The van der Waals surface area contributed by atoms with Crippen molar-refractivity contribution in [1.29, 1.82) is 0 Å². The van der Waals surface area contributed by atoms with Gasteiger partial charge in [0.05, 0.1) is 0 Å². The van der Waals surface area contributed by atoms with Gasteiger partial charge in [-0.05, 0) is 30.9 Å². The molecule has 0 aromatic rings. The van der Waals surface area contributed by atoms with Crippen molar-refractivity contribution in [2.45, 2.75) is 69.2 Å². The fourth-order valence-electron chi connectivity index (χ4n) is 1.56. The third-order valence-corrected chi connectivity index (χ3v) is 2.38. The van der Waals surface area contributed by atoms with Crippen molar-refractivity contribution < 1.29 is 0 Å². The molecule has 0 saturated carbocycles. The minimum atomic E-state index is 0.494. The molecule has 0 saturated heterocycles. The Hall–Kier alpha value is -0.980. The van der Waals surface area contributed by atoms with Gasteiger partial charge >= 0.3 is 0 Å². The standard InChI is InChI=1S/C13H23N.3C2H6/c1-8-12(10(3)4)13(11(5)6)14(7)9-2;3*1-2/h8,10H,1,5,9H2,2-4,6-7H3;3*1-2H3/b13-12-;;;. The number of nitrogens with zero attached hydrogens (tertiary/aromatic N) is 1. The number of hydrogen-bond acceptors (Lipinski definition) is 1. The van der Waals surface area contributed by atoms with E-state index in [1.807, 2.05) is 54.5 Å². The van der Waals surface area contributed by atoms with Gasteiger partial charge in [0.2, 0.25) is 0 Å². The summed E-state index contributed by atoms with van der Waals surface area (Å²) in [4.78, 5) is 2.22. The molecule has 0 N–H and O–H groups in total. The van der Waals surface area contributed by atoms with Crippen molar-refractivity contribution in [3.8, 4) is 0 Å². The quantitative estimate of drug-likeness (QED) is 0.508. The Morgan fingerprint density at radius 3 is 1.55 bits per heavy atom. The predicted molar refractivity (Wildman–Crippen MR) is 99.2 cm³/mol. The van der Waals surface area contributed by atoms with Crippen LogP contribution in [-0.4, -0.2) is 18.5 Å². The minimum absolute atomic E-state index is 0.494. The monoisotopic (exact) mass is 283 g/mol. The molecular weight excluding hydrogens is 242 g/mol. The molecule has 0 aliphatic heterocycles. The largest absolute Gasteiger partial charge is 0.374 e. The molecule has 20 heavy (non-hydrogen) atoms. The maximum absolute atomic E-state index is 4.03. The average Bonchev–Trinajstić information content (AvgIpc) is 2.49. The van der Waals surface area contributed by atoms with E-state index in [9.17, 15) is 0 Å². The number of allylic oxidation sites excluding steroid dienone is 3. The van der Waals surface area contributed by atoms with Crippen LogP contribution in [0.3, 0.4) is 0 Å². The maximum Gasteiger partial charge on any atom is 0.0422 e. The topological polar surface area (TPSA) is 3.24 Å². The summed E-state index contributed by atoms with van der Waals surface area (Å²) >= 11 is 0. The molecule has 0 unspecified atom stereocenters. The zero-order chi connectivity index (χ0) is 17.3. The van der Waals surface area contributed by atoms with E-state index >= 15 is 0 Å². The van der Waals surface area contributed by atoms with E-state index in [2.05, 4.69) is 45.9 Å². The Kier molecular flexibility index (Phi) is 27.8. The molecule has 122 valence electrons. The third-order valence-electron chi connectivity index (χ3n) is 2.38. The second-order valence-electron chi connectivity index (χ2n) is 3.96. The Bertz CT molecular complexity index is 246. The second kappa shape index (κ2) is 20.3. The molecule has 0 aromatic heterocycles. The maximum atomic E-state index is 4.03. The minimum Gasteiger partial charge on any atom is -0.374 e. The van der Waals surface area contributed by atoms with Crippen molar-refractivity contribution in [1.82, 2.24) is 4.90 Å². The van der Waals surface area contributed by atoms with Crippen LogP contribution >= 0.6 is 0 Å². The normalized spacial score (nSPS) is 9.60. The molecule has 0 aliphatic carbocycles. The fraction of sp³-hybridized carbons (Fsp3) is 0.684. The Balaban J connectivity index is -0.000000187. The lowest BCUT2D eigenvalue weighted by Gasteiger charge is -2.25. The van der Waals surface area contributed by atoms with Crippen molar-refractivity contribution >= 4 is 0 Å². The van der Waals surface area contributed by atoms with Gasteiger partial charge in [-0.25, -0.2) is 0 Å². The van der Waals surface area contributed by atoms with Crippen LogP contribution < -0.4 is 0 Å². The second-order valence-corrected chi connectivity index (χ2v) is 3.96. The summed E-state index contributed by atoms with van der Waals surface area (Å²) in [7, 11) is 2.09. The predicted octanol–water partition coefficient (Wildman–Crippen LogP) is 6.69. The zero-order valence-electron chi connectivity index (χ0n) is 16.2. The van der Waals surface area contributed by atoms with Crippen LogP contribution in [-0.2, 0) is 0 Å². The molecule has 1 nitrogen and oxygen atoms in total. The van der Waals surface area contributed by atoms with Crippen LogP contribution in [0.5, 0.6) is 0 Å². The van der Waals surface area contributed by atoms with Gasteiger partial charge in [-0.1, -0.05) is 74.6 Å². The Morgan fingerprint density at radius 2 is 1.40 bits per heavy atom. The van der Waals surface area contributed by atoms with E-state index < -0.39 is 0 Å². The van der Waals surface area contributed by atoms with Gasteiger partial charge < -0.3 is 4.90 Å². The number of likely N-dealkylation sites (N-methyl/N-ethyl adjacent to an activating group) is 1. The average molecular weight is 284 g/mol. The first kappa shape index (κ1) is 27.4. The molecule has 0 amide bonds. The van der Waals surface area contributed by atoms with E-state index in [0.29, 0.717) is 5.92 Å². The van der Waals surface area contributed by atoms with Crippen LogP contribution in [0.2, 0.25) is 0 Å². The lowest BCUT2D eigenvalue weighted by atomic mass is 9.97. The van der Waals surface area contributed by atoms with Crippen LogP contribution in [0.4, 0.5) is 0 Å². The van der Waals surface area contributed by atoms with Gasteiger partial charge in [-0.15, -0.1) is 0 Å². The molecule has 0 aliphatic rings. The highest BCUT2D eigenvalue weighted by Gasteiger charge is 2.11. The molecule has 0 aromatic carbocycles. The van der Waals surface area contributed by atoms with E-state index in [0.717, 1.165) is 12.1 Å². The zero-order valence-corrected chi connectivity index (χ0v) is 16.2. The first-order valence-electron chi connectivity index (χ1n) is 8.19. The number of rotatable bonds is 5. The molecule has 0 rings (SSSR count). The van der Waals surface area contributed by atoms with E-state index in [-0.39, 0.29) is 0 Å². The Morgan fingerprint density at radius 1 is 1.05 bits per heavy atom. The molecule has 0 bridgehead atoms. The Labute approximate surface area is 130 Å². The molecule has 1 heteroatoms. The SMILES string of the molecule is C=C/C(=C(\C(=C)C)N(C)CC)C(C)C.CC.CC.CC. The highest BCUT2D eigenvalue weighted by molar-refractivity contribution is 5.36. The van der Waals surface area contributed by atoms with Crippen molar-refractivity contribution in [3.63, 3.8) is 0 Å². The molecule has 0 radical (unpaired) electrons. The summed E-state index contributed by atoms with van der Waals surface area (Å²) in [5, 5.41) is 0. The summed E-state index contributed by atoms with van der Waals surface area (Å²) in [6, 6.07) is 0. The summed E-state index contributed by atoms with van der Waals surface area (Å²) in [6.45, 7) is 29.5. The van der Waals surface area contributed by atoms with Gasteiger partial charge in [0.1, 0.15) is 0 Å². The van der Waals surface area contributed by atoms with Gasteiger partial charge in [0.15, 0.2) is 0 Å². The first-order valence-corrected chi connectivity index (χ1v) is 8.19. The van der Waals surface area contributed by atoms with Gasteiger partial charge in [0, 0.05) is 19.3 Å². The van der Waals surface area contributed by atoms with Crippen molar-refractivity contribution in [3.05, 3.63) is 36.1 Å². The molecular formula is C19H41N. The van der Waals surface area contributed by atoms with Crippen LogP contribution in [0, 0.1) is 5.92 Å². The van der Waals surface area contributed by atoms with Crippen molar-refractivity contribution in [2.24, 2.45) is 5.92 Å². The van der Waals surface area contributed by atoms with E-state index in [4.69, 9.17) is 0 Å². The summed E-state index contributed by atoms with van der Waals surface area (Å²) < 4.78 is 0. The highest BCUT2D eigenvalue weighted by atomic mass is 15.1. The molecule has 0 fully saturated rings. The van der Waals surface area contributed by atoms with E-state index in [1.165, 1.54) is 11.3 Å². The van der Waals surface area contributed by atoms with Crippen LogP contribution in [0.1, 0.15) is 69.2 Å². The lowest BCUT2D eigenvalue weighted by molar-refractivity contribution is 0.440. The summed E-state index contributed by atoms with van der Waals surface area (Å²) in [5.74, 6) is 0.494. The molecule has 0 spiro atoms. The number of hydrogen-bond donors (Lipinski definition) is 0. The van der Waals surface area contributed by atoms with Gasteiger partial charge in [-0.3, -0.25) is 0 Å². The van der Waals surface area contributed by atoms with Crippen LogP contribution in [0.15, 0.2) is 36.1 Å². The van der Waals surface area contributed by atoms with Gasteiger partial charge in [0.25, 0.3) is 0 Å². The third kappa shape index (κ3) is 12.1. The fourth-order valence-corrected chi connectivity index (χ4v) is 1.56. The highest BCUT2D eigenvalue weighted by Crippen LogP contribution is 2.23. The lowest BCUT2D eigenvalue weighted by Crippen LogP contribution is -2.20. The smallest absolute Gasteiger partial charge is 0.0422 e. The van der Waals surface area contributed by atoms with Gasteiger partial charge in [-0.2, -0.15) is 0 Å². The van der Waals surface area contributed by atoms with Crippen LogP contribution in [0.25, 0.3) is 0 Å². The van der Waals surface area contributed by atoms with E-state index in [1.54, 1.807) is 0 Å². The first-order chi connectivity index (χ1) is 9.45. The molecule has 0 heterocycles. The summed E-state index contributed by atoms with van der Waals surface area (Å²) in [5.41, 5.74) is 3.62. The summed E-state index contributed by atoms with van der Waals surface area (Å²) in [6.07, 6.45) is 1.95. The molecule has 0 atom stereocenters.